The maximum Gasteiger partial charge on any atom is 0.150 e. The lowest BCUT2D eigenvalue weighted by molar-refractivity contribution is 0.590. The van der Waals surface area contributed by atoms with E-state index in [-0.39, 0.29) is 16.2 Å². The van der Waals surface area contributed by atoms with Gasteiger partial charge in [-0.25, -0.2) is 8.78 Å². The van der Waals surface area contributed by atoms with E-state index in [9.17, 15) is 8.78 Å². The summed E-state index contributed by atoms with van der Waals surface area (Å²) in [5.74, 6) is -1.60. The number of hydrogen-bond acceptors (Lipinski definition) is 2. The van der Waals surface area contributed by atoms with Crippen molar-refractivity contribution in [2.75, 3.05) is 5.32 Å². The van der Waals surface area contributed by atoms with Crippen molar-refractivity contribution in [1.82, 2.24) is 0 Å². The lowest BCUT2D eigenvalue weighted by Crippen LogP contribution is -2.11. The molecule has 104 valence electrons. The Morgan fingerprint density at radius 1 is 1.20 bits per heavy atom. The summed E-state index contributed by atoms with van der Waals surface area (Å²) in [6, 6.07) is 7.06. The van der Waals surface area contributed by atoms with E-state index < -0.39 is 11.6 Å². The van der Waals surface area contributed by atoms with Crippen LogP contribution < -0.4 is 11.1 Å². The molecule has 0 amide bonds. The lowest BCUT2D eigenvalue weighted by atomic mass is 10.1. The molecule has 0 spiro atoms. The average Bonchev–Trinajstić information content (AvgIpc) is 2.35. The fourth-order valence-corrected chi connectivity index (χ4v) is 2.40. The van der Waals surface area contributed by atoms with Gasteiger partial charge in [0.1, 0.15) is 22.3 Å². The van der Waals surface area contributed by atoms with Gasteiger partial charge in [-0.3, -0.25) is 0 Å². The monoisotopic (exact) mass is 376 g/mol. The Balaban J connectivity index is 2.41. The van der Waals surface area contributed by atoms with Crippen LogP contribution in [0.5, 0.6) is 0 Å². The van der Waals surface area contributed by atoms with Crippen LogP contribution in [0.2, 0.25) is 5.02 Å². The van der Waals surface area contributed by atoms with E-state index >= 15 is 0 Å². The summed E-state index contributed by atoms with van der Waals surface area (Å²) >= 11 is 13.9. The van der Waals surface area contributed by atoms with Crippen LogP contribution in [0.15, 0.2) is 34.8 Å². The quantitative estimate of drug-likeness (QED) is 0.758. The van der Waals surface area contributed by atoms with Crippen molar-refractivity contribution in [3.63, 3.8) is 0 Å². The van der Waals surface area contributed by atoms with Gasteiger partial charge >= 0.3 is 0 Å². The van der Waals surface area contributed by atoms with E-state index in [4.69, 9.17) is 17.3 Å². The first-order chi connectivity index (χ1) is 9.38. The molecular weight excluding hydrogens is 370 g/mol. The Bertz CT molecular complexity index is 671. The van der Waals surface area contributed by atoms with Crippen LogP contribution >= 0.6 is 39.7 Å². The number of rotatable bonds is 3. The third-order valence-electron chi connectivity index (χ3n) is 2.52. The fourth-order valence-electron chi connectivity index (χ4n) is 1.56. The molecule has 0 aliphatic carbocycles. The fraction of sp³-hybridized carbons (Fsp3) is 0. The molecule has 20 heavy (non-hydrogen) atoms. The second-order valence-corrected chi connectivity index (χ2v) is 5.69. The first-order valence-corrected chi connectivity index (χ1v) is 6.97. The highest BCUT2D eigenvalue weighted by atomic mass is 79.9. The van der Waals surface area contributed by atoms with Gasteiger partial charge in [0.15, 0.2) is 0 Å². The molecule has 0 saturated carbocycles. The third kappa shape index (κ3) is 3.26. The molecule has 0 saturated heterocycles. The highest BCUT2D eigenvalue weighted by Crippen LogP contribution is 2.31. The Hall–Kier alpha value is -1.24. The van der Waals surface area contributed by atoms with Crippen molar-refractivity contribution in [2.24, 2.45) is 5.73 Å². The summed E-state index contributed by atoms with van der Waals surface area (Å²) in [7, 11) is 0. The zero-order chi connectivity index (χ0) is 14.9. The van der Waals surface area contributed by atoms with Gasteiger partial charge in [-0.1, -0.05) is 39.7 Å². The van der Waals surface area contributed by atoms with Crippen LogP contribution in [0.3, 0.4) is 0 Å². The van der Waals surface area contributed by atoms with Crippen molar-refractivity contribution in [2.45, 2.75) is 0 Å². The normalized spacial score (nSPS) is 10.4. The van der Waals surface area contributed by atoms with E-state index in [1.165, 1.54) is 0 Å². The molecule has 2 aromatic rings. The first-order valence-electron chi connectivity index (χ1n) is 5.39. The van der Waals surface area contributed by atoms with Crippen molar-refractivity contribution in [1.29, 1.82) is 0 Å². The first kappa shape index (κ1) is 15.2. The van der Waals surface area contributed by atoms with Crippen LogP contribution in [0.1, 0.15) is 5.56 Å². The van der Waals surface area contributed by atoms with E-state index in [1.807, 2.05) is 0 Å². The van der Waals surface area contributed by atoms with Gasteiger partial charge in [0.05, 0.1) is 10.7 Å². The molecule has 0 heterocycles. The molecule has 7 heteroatoms. The molecule has 0 aliphatic heterocycles. The zero-order valence-corrected chi connectivity index (χ0v) is 13.0. The highest BCUT2D eigenvalue weighted by Gasteiger charge is 2.14. The van der Waals surface area contributed by atoms with E-state index in [1.54, 1.807) is 18.2 Å². The Kier molecular flexibility index (Phi) is 4.57. The molecule has 0 fully saturated rings. The predicted octanol–water partition coefficient (Wildman–Crippen LogP) is 4.76. The summed E-state index contributed by atoms with van der Waals surface area (Å²) in [6.07, 6.45) is 0. The summed E-state index contributed by atoms with van der Waals surface area (Å²) in [6.45, 7) is 0. The number of nitrogens with two attached hydrogens (primary N) is 1. The molecule has 0 aromatic heterocycles. The van der Waals surface area contributed by atoms with Crippen molar-refractivity contribution >= 4 is 56.1 Å². The van der Waals surface area contributed by atoms with Crippen molar-refractivity contribution < 1.29 is 8.78 Å². The number of nitrogens with one attached hydrogen (secondary N) is 1. The maximum atomic E-state index is 13.9. The smallest absolute Gasteiger partial charge is 0.150 e. The molecule has 2 nitrogen and oxygen atoms in total. The molecule has 0 radical (unpaired) electrons. The molecule has 2 rings (SSSR count). The minimum atomic E-state index is -0.799. The average molecular weight is 378 g/mol. The van der Waals surface area contributed by atoms with E-state index in [2.05, 4.69) is 33.5 Å². The molecule has 0 bridgehead atoms. The second kappa shape index (κ2) is 6.03. The number of halogens is 4. The minimum absolute atomic E-state index is 0.0731. The molecular formula is C13H8BrClF2N2S. The van der Waals surface area contributed by atoms with Gasteiger partial charge < -0.3 is 11.1 Å². The summed E-state index contributed by atoms with van der Waals surface area (Å²) < 4.78 is 28.6. The van der Waals surface area contributed by atoms with Crippen LogP contribution in [0.4, 0.5) is 20.2 Å². The van der Waals surface area contributed by atoms with Crippen molar-refractivity contribution in [3.05, 3.63) is 57.0 Å². The number of hydrogen-bond donors (Lipinski definition) is 2. The number of benzene rings is 2. The highest BCUT2D eigenvalue weighted by molar-refractivity contribution is 9.10. The Labute approximate surface area is 133 Å². The molecule has 3 N–H and O–H groups in total. The number of thiocarbonyl (C=S) groups is 1. The molecule has 0 atom stereocenters. The van der Waals surface area contributed by atoms with Gasteiger partial charge in [0.25, 0.3) is 0 Å². The van der Waals surface area contributed by atoms with Crippen LogP contribution in [-0.4, -0.2) is 4.99 Å². The van der Waals surface area contributed by atoms with Crippen LogP contribution in [0.25, 0.3) is 0 Å². The SMILES string of the molecule is NC(=S)c1cc(F)c(Nc2ccc(Br)cc2Cl)c(F)c1. The molecule has 2 aromatic carbocycles. The third-order valence-corrected chi connectivity index (χ3v) is 3.56. The Morgan fingerprint density at radius 3 is 2.30 bits per heavy atom. The summed E-state index contributed by atoms with van der Waals surface area (Å²) in [5, 5.41) is 2.95. The summed E-state index contributed by atoms with van der Waals surface area (Å²) in [4.78, 5) is -0.0731. The lowest BCUT2D eigenvalue weighted by Gasteiger charge is -2.12. The summed E-state index contributed by atoms with van der Waals surface area (Å²) in [5.41, 5.74) is 5.55. The van der Waals surface area contributed by atoms with E-state index in [0.29, 0.717) is 10.7 Å². The Morgan fingerprint density at radius 2 is 1.80 bits per heavy atom. The topological polar surface area (TPSA) is 38.0 Å². The second-order valence-electron chi connectivity index (χ2n) is 3.93. The largest absolute Gasteiger partial charge is 0.389 e. The van der Waals surface area contributed by atoms with Gasteiger partial charge in [0, 0.05) is 10.0 Å². The van der Waals surface area contributed by atoms with E-state index in [0.717, 1.165) is 16.6 Å². The standard InChI is InChI=1S/C13H8BrClF2N2S/c14-7-1-2-11(8(15)5-7)19-12-9(16)3-6(13(18)20)4-10(12)17/h1-5,19H,(H2,18,20). The van der Waals surface area contributed by atoms with Gasteiger partial charge in [-0.05, 0) is 30.3 Å². The maximum absolute atomic E-state index is 13.9. The van der Waals surface area contributed by atoms with Gasteiger partial charge in [-0.2, -0.15) is 0 Å². The minimum Gasteiger partial charge on any atom is -0.389 e. The zero-order valence-electron chi connectivity index (χ0n) is 9.88. The van der Waals surface area contributed by atoms with Gasteiger partial charge in [0.2, 0.25) is 0 Å². The molecule has 0 unspecified atom stereocenters. The number of anilines is 2. The van der Waals surface area contributed by atoms with Crippen LogP contribution in [0, 0.1) is 11.6 Å². The molecule has 0 aliphatic rings. The predicted molar refractivity (Wildman–Crippen MR) is 84.7 cm³/mol. The van der Waals surface area contributed by atoms with Gasteiger partial charge in [-0.15, -0.1) is 0 Å². The van der Waals surface area contributed by atoms with Crippen molar-refractivity contribution in [3.8, 4) is 0 Å². The van der Waals surface area contributed by atoms with Crippen LogP contribution in [-0.2, 0) is 0 Å².